The van der Waals surface area contributed by atoms with E-state index >= 15 is 0 Å². The smallest absolute Gasteiger partial charge is 0.0959 e. The third kappa shape index (κ3) is 3.09. The number of rotatable bonds is 4. The van der Waals surface area contributed by atoms with Crippen LogP contribution < -0.4 is 5.32 Å². The average Bonchev–Trinajstić information content (AvgIpc) is 3.08. The van der Waals surface area contributed by atoms with Gasteiger partial charge < -0.3 is 5.32 Å². The van der Waals surface area contributed by atoms with Gasteiger partial charge in [-0.3, -0.25) is 4.68 Å². The highest BCUT2D eigenvalue weighted by Crippen LogP contribution is 2.41. The van der Waals surface area contributed by atoms with Crippen LogP contribution >= 0.6 is 11.3 Å². The zero-order valence-corrected chi connectivity index (χ0v) is 15.1. The maximum atomic E-state index is 4.79. The van der Waals surface area contributed by atoms with Crippen LogP contribution in [0.1, 0.15) is 80.4 Å². The quantitative estimate of drug-likeness (QED) is 0.916. The molecule has 124 valence electrons. The minimum absolute atomic E-state index is 0.0591. The van der Waals surface area contributed by atoms with Crippen molar-refractivity contribution < 1.29 is 0 Å². The summed E-state index contributed by atoms with van der Waals surface area (Å²) in [5, 5.41) is 12.0. The lowest BCUT2D eigenvalue weighted by Gasteiger charge is -2.28. The molecule has 0 saturated heterocycles. The maximum Gasteiger partial charge on any atom is 0.0959 e. The van der Waals surface area contributed by atoms with Gasteiger partial charge in [0.25, 0.3) is 0 Å². The second kappa shape index (κ2) is 5.71. The SMILES string of the molecule is CC(C)(C)n1ncc2c1CCC[C@@H]2NCc1csc(C2CC2)n1. The van der Waals surface area contributed by atoms with E-state index in [4.69, 9.17) is 4.98 Å². The predicted molar refractivity (Wildman–Crippen MR) is 93.8 cm³/mol. The first-order chi connectivity index (χ1) is 11.0. The molecule has 5 heteroatoms. The van der Waals surface area contributed by atoms with Crippen LogP contribution in [0.25, 0.3) is 0 Å². The van der Waals surface area contributed by atoms with E-state index in [1.165, 1.54) is 47.6 Å². The lowest BCUT2D eigenvalue weighted by molar-refractivity contribution is 0.334. The molecule has 2 aromatic rings. The summed E-state index contributed by atoms with van der Waals surface area (Å²) in [6, 6.07) is 0.418. The molecule has 0 unspecified atom stereocenters. The molecule has 0 bridgehead atoms. The zero-order chi connectivity index (χ0) is 16.0. The molecular formula is C18H26N4S. The monoisotopic (exact) mass is 330 g/mol. The Bertz CT molecular complexity index is 690. The summed E-state index contributed by atoms with van der Waals surface area (Å²) in [4.78, 5) is 4.79. The van der Waals surface area contributed by atoms with Crippen LogP contribution in [-0.2, 0) is 18.5 Å². The predicted octanol–water partition coefficient (Wildman–Crippen LogP) is 4.14. The van der Waals surface area contributed by atoms with Crippen molar-refractivity contribution >= 4 is 11.3 Å². The molecule has 2 aliphatic carbocycles. The molecule has 4 rings (SSSR count). The fraction of sp³-hybridized carbons (Fsp3) is 0.667. The summed E-state index contributed by atoms with van der Waals surface area (Å²) in [6.45, 7) is 7.55. The Hall–Kier alpha value is -1.20. The molecular weight excluding hydrogens is 304 g/mol. The minimum atomic E-state index is 0.0591. The molecule has 1 fully saturated rings. The van der Waals surface area contributed by atoms with Crippen LogP contribution in [0.15, 0.2) is 11.6 Å². The van der Waals surface area contributed by atoms with Gasteiger partial charge in [-0.05, 0) is 52.9 Å². The van der Waals surface area contributed by atoms with E-state index in [1.54, 1.807) is 0 Å². The standard InChI is InChI=1S/C18H26N4S/c1-18(2,3)22-16-6-4-5-15(14(16)10-20-22)19-9-13-11-23-17(21-13)12-7-8-12/h10-12,15,19H,4-9H2,1-3H3/t15-/m0/s1. The van der Waals surface area contributed by atoms with Crippen LogP contribution in [0.2, 0.25) is 0 Å². The first kappa shape index (κ1) is 15.3. The van der Waals surface area contributed by atoms with Crippen LogP contribution in [0.3, 0.4) is 0 Å². The van der Waals surface area contributed by atoms with Crippen molar-refractivity contribution in [2.45, 2.75) is 76.9 Å². The number of hydrogen-bond donors (Lipinski definition) is 1. The maximum absolute atomic E-state index is 4.79. The molecule has 0 radical (unpaired) electrons. The van der Waals surface area contributed by atoms with Crippen LogP contribution in [0.4, 0.5) is 0 Å². The van der Waals surface area contributed by atoms with E-state index in [0.29, 0.717) is 6.04 Å². The van der Waals surface area contributed by atoms with Gasteiger partial charge >= 0.3 is 0 Å². The van der Waals surface area contributed by atoms with Crippen molar-refractivity contribution in [1.82, 2.24) is 20.1 Å². The number of nitrogens with zero attached hydrogens (tertiary/aromatic N) is 3. The van der Waals surface area contributed by atoms with E-state index in [1.807, 2.05) is 11.3 Å². The molecule has 0 spiro atoms. The molecule has 1 N–H and O–H groups in total. The summed E-state index contributed by atoms with van der Waals surface area (Å²) < 4.78 is 2.21. The molecule has 1 saturated carbocycles. The van der Waals surface area contributed by atoms with Gasteiger partial charge in [0.2, 0.25) is 0 Å². The van der Waals surface area contributed by atoms with Crippen LogP contribution in [-0.4, -0.2) is 14.8 Å². The number of aromatic nitrogens is 3. The summed E-state index contributed by atoms with van der Waals surface area (Å²) in [5.41, 5.74) is 4.07. The molecule has 2 aromatic heterocycles. The lowest BCUT2D eigenvalue weighted by atomic mass is 9.92. The number of nitrogens with one attached hydrogen (secondary N) is 1. The molecule has 23 heavy (non-hydrogen) atoms. The van der Waals surface area contributed by atoms with Gasteiger partial charge in [0, 0.05) is 35.1 Å². The van der Waals surface area contributed by atoms with Gasteiger partial charge in [-0.15, -0.1) is 11.3 Å². The van der Waals surface area contributed by atoms with E-state index in [2.05, 4.69) is 47.4 Å². The zero-order valence-electron chi connectivity index (χ0n) is 14.3. The van der Waals surface area contributed by atoms with E-state index in [-0.39, 0.29) is 5.54 Å². The Labute approximate surface area is 142 Å². The van der Waals surface area contributed by atoms with Crippen molar-refractivity contribution in [2.24, 2.45) is 0 Å². The molecule has 4 nitrogen and oxygen atoms in total. The Morgan fingerprint density at radius 2 is 2.13 bits per heavy atom. The molecule has 0 aliphatic heterocycles. The first-order valence-electron chi connectivity index (χ1n) is 8.77. The summed E-state index contributed by atoms with van der Waals surface area (Å²) in [6.07, 6.45) is 8.32. The normalized spacial score (nSPS) is 21.4. The first-order valence-corrected chi connectivity index (χ1v) is 9.65. The van der Waals surface area contributed by atoms with Gasteiger partial charge in [-0.1, -0.05) is 0 Å². The summed E-state index contributed by atoms with van der Waals surface area (Å²) in [5.74, 6) is 0.764. The highest BCUT2D eigenvalue weighted by molar-refractivity contribution is 7.09. The van der Waals surface area contributed by atoms with Crippen molar-refractivity contribution in [3.8, 4) is 0 Å². The van der Waals surface area contributed by atoms with Crippen molar-refractivity contribution in [2.75, 3.05) is 0 Å². The van der Waals surface area contributed by atoms with Gasteiger partial charge in [-0.25, -0.2) is 4.98 Å². The average molecular weight is 331 g/mol. The van der Waals surface area contributed by atoms with Crippen molar-refractivity contribution in [3.05, 3.63) is 33.5 Å². The van der Waals surface area contributed by atoms with Crippen LogP contribution in [0, 0.1) is 0 Å². The summed E-state index contributed by atoms with van der Waals surface area (Å²) in [7, 11) is 0. The van der Waals surface area contributed by atoms with Crippen molar-refractivity contribution in [3.63, 3.8) is 0 Å². The van der Waals surface area contributed by atoms with Crippen molar-refractivity contribution in [1.29, 1.82) is 0 Å². The van der Waals surface area contributed by atoms with E-state index in [9.17, 15) is 0 Å². The Morgan fingerprint density at radius 1 is 1.30 bits per heavy atom. The van der Waals surface area contributed by atoms with Gasteiger partial charge in [0.1, 0.15) is 0 Å². The number of thiazole rings is 1. The van der Waals surface area contributed by atoms with E-state index < -0.39 is 0 Å². The largest absolute Gasteiger partial charge is 0.304 e. The fourth-order valence-corrected chi connectivity index (χ4v) is 4.49. The molecule has 0 aromatic carbocycles. The molecule has 2 heterocycles. The van der Waals surface area contributed by atoms with Gasteiger partial charge in [-0.2, -0.15) is 5.10 Å². The highest BCUT2D eigenvalue weighted by Gasteiger charge is 2.29. The third-order valence-corrected chi connectivity index (χ3v) is 5.90. The Balaban J connectivity index is 1.47. The Kier molecular flexibility index (Phi) is 3.81. The second-order valence-electron chi connectivity index (χ2n) is 7.91. The van der Waals surface area contributed by atoms with Gasteiger partial charge in [0.15, 0.2) is 0 Å². The summed E-state index contributed by atoms with van der Waals surface area (Å²) >= 11 is 1.83. The fourth-order valence-electron chi connectivity index (χ4n) is 3.50. The van der Waals surface area contributed by atoms with Crippen LogP contribution in [0.5, 0.6) is 0 Å². The number of fused-ring (bicyclic) bond motifs is 1. The Morgan fingerprint density at radius 3 is 2.87 bits per heavy atom. The molecule has 2 aliphatic rings. The highest BCUT2D eigenvalue weighted by atomic mass is 32.1. The number of hydrogen-bond acceptors (Lipinski definition) is 4. The molecule has 1 atom stereocenters. The molecule has 0 amide bonds. The third-order valence-electron chi connectivity index (χ3n) is 4.84. The lowest BCUT2D eigenvalue weighted by Crippen LogP contribution is -2.29. The van der Waals surface area contributed by atoms with Gasteiger partial charge in [0.05, 0.1) is 22.4 Å². The topological polar surface area (TPSA) is 42.7 Å². The van der Waals surface area contributed by atoms with E-state index in [0.717, 1.165) is 18.9 Å². The second-order valence-corrected chi connectivity index (χ2v) is 8.80. The minimum Gasteiger partial charge on any atom is -0.304 e.